The van der Waals surface area contributed by atoms with E-state index in [1.807, 2.05) is 37.1 Å². The minimum absolute atomic E-state index is 0.135. The zero-order valence-electron chi connectivity index (χ0n) is 8.96. The molecule has 1 aromatic carbocycles. The SMILES string of the molecule is Cc1c(Br)cccc1C(=O)N(C)C1CC1. The first-order valence-corrected chi connectivity index (χ1v) is 5.93. The van der Waals surface area contributed by atoms with Crippen LogP contribution in [0.4, 0.5) is 0 Å². The number of carbonyl (C=O) groups is 1. The molecule has 1 aromatic rings. The van der Waals surface area contributed by atoms with Crippen molar-refractivity contribution in [1.82, 2.24) is 4.90 Å². The molecule has 1 saturated carbocycles. The van der Waals surface area contributed by atoms with Crippen LogP contribution in [0.2, 0.25) is 0 Å². The molecule has 0 spiro atoms. The average molecular weight is 268 g/mol. The summed E-state index contributed by atoms with van der Waals surface area (Å²) in [6, 6.07) is 6.23. The molecule has 0 saturated heterocycles. The van der Waals surface area contributed by atoms with Crippen LogP contribution in [0.3, 0.4) is 0 Å². The lowest BCUT2D eigenvalue weighted by Crippen LogP contribution is -2.29. The quantitative estimate of drug-likeness (QED) is 0.807. The highest BCUT2D eigenvalue weighted by atomic mass is 79.9. The number of hydrogen-bond acceptors (Lipinski definition) is 1. The van der Waals surface area contributed by atoms with E-state index in [-0.39, 0.29) is 5.91 Å². The molecular weight excluding hydrogens is 254 g/mol. The minimum atomic E-state index is 0.135. The zero-order valence-corrected chi connectivity index (χ0v) is 10.5. The Balaban J connectivity index is 2.28. The maximum absolute atomic E-state index is 12.1. The molecule has 0 aromatic heterocycles. The van der Waals surface area contributed by atoms with Crippen molar-refractivity contribution >= 4 is 21.8 Å². The van der Waals surface area contributed by atoms with Crippen molar-refractivity contribution in [3.05, 3.63) is 33.8 Å². The first-order valence-electron chi connectivity index (χ1n) is 5.13. The normalized spacial score (nSPS) is 15.1. The first-order chi connectivity index (χ1) is 7.11. The zero-order chi connectivity index (χ0) is 11.0. The number of hydrogen-bond donors (Lipinski definition) is 0. The predicted octanol–water partition coefficient (Wildman–Crippen LogP) is 2.99. The molecule has 3 heteroatoms. The third-order valence-electron chi connectivity index (χ3n) is 2.91. The molecule has 0 heterocycles. The van der Waals surface area contributed by atoms with E-state index in [9.17, 15) is 4.79 Å². The molecule has 0 unspecified atom stereocenters. The fourth-order valence-corrected chi connectivity index (χ4v) is 2.02. The summed E-state index contributed by atoms with van der Waals surface area (Å²) in [5, 5.41) is 0. The Morgan fingerprint density at radius 3 is 2.73 bits per heavy atom. The van der Waals surface area contributed by atoms with Crippen molar-refractivity contribution < 1.29 is 4.79 Å². The van der Waals surface area contributed by atoms with Crippen molar-refractivity contribution in [2.45, 2.75) is 25.8 Å². The second kappa shape index (κ2) is 3.97. The molecule has 0 N–H and O–H groups in total. The van der Waals surface area contributed by atoms with Gasteiger partial charge in [0, 0.05) is 23.1 Å². The number of rotatable bonds is 2. The lowest BCUT2D eigenvalue weighted by atomic mass is 10.1. The summed E-state index contributed by atoms with van der Waals surface area (Å²) in [4.78, 5) is 14.0. The van der Waals surface area contributed by atoms with E-state index < -0.39 is 0 Å². The lowest BCUT2D eigenvalue weighted by Gasteiger charge is -2.17. The Morgan fingerprint density at radius 2 is 2.13 bits per heavy atom. The molecular formula is C12H14BrNO. The van der Waals surface area contributed by atoms with Gasteiger partial charge >= 0.3 is 0 Å². The molecule has 0 atom stereocenters. The highest BCUT2D eigenvalue weighted by molar-refractivity contribution is 9.10. The Morgan fingerprint density at radius 1 is 1.47 bits per heavy atom. The Kier molecular flexibility index (Phi) is 2.83. The highest BCUT2D eigenvalue weighted by Crippen LogP contribution is 2.28. The second-order valence-electron chi connectivity index (χ2n) is 4.06. The van der Waals surface area contributed by atoms with Gasteiger partial charge in [-0.05, 0) is 37.5 Å². The van der Waals surface area contributed by atoms with Crippen LogP contribution in [0.1, 0.15) is 28.8 Å². The predicted molar refractivity (Wildman–Crippen MR) is 64.0 cm³/mol. The topological polar surface area (TPSA) is 20.3 Å². The molecule has 1 fully saturated rings. The molecule has 0 radical (unpaired) electrons. The summed E-state index contributed by atoms with van der Waals surface area (Å²) < 4.78 is 0.998. The van der Waals surface area contributed by atoms with Gasteiger partial charge in [-0.25, -0.2) is 0 Å². The average Bonchev–Trinajstić information content (AvgIpc) is 3.03. The molecule has 2 rings (SSSR count). The largest absolute Gasteiger partial charge is 0.339 e. The van der Waals surface area contributed by atoms with Crippen LogP contribution in [0, 0.1) is 6.92 Å². The van der Waals surface area contributed by atoms with Crippen LogP contribution >= 0.6 is 15.9 Å². The van der Waals surface area contributed by atoms with Crippen LogP contribution in [-0.4, -0.2) is 23.9 Å². The van der Waals surface area contributed by atoms with Gasteiger partial charge in [0.15, 0.2) is 0 Å². The van der Waals surface area contributed by atoms with Gasteiger partial charge in [-0.15, -0.1) is 0 Å². The van der Waals surface area contributed by atoms with E-state index in [0.717, 1.165) is 28.4 Å². The van der Waals surface area contributed by atoms with Gasteiger partial charge in [0.25, 0.3) is 5.91 Å². The molecule has 0 aliphatic heterocycles. The van der Waals surface area contributed by atoms with Crippen molar-refractivity contribution in [1.29, 1.82) is 0 Å². The number of nitrogens with zero attached hydrogens (tertiary/aromatic N) is 1. The van der Waals surface area contributed by atoms with Crippen LogP contribution < -0.4 is 0 Å². The number of halogens is 1. The third kappa shape index (κ3) is 2.07. The van der Waals surface area contributed by atoms with Gasteiger partial charge in [-0.2, -0.15) is 0 Å². The van der Waals surface area contributed by atoms with Gasteiger partial charge < -0.3 is 4.90 Å². The maximum Gasteiger partial charge on any atom is 0.254 e. The monoisotopic (exact) mass is 267 g/mol. The molecule has 15 heavy (non-hydrogen) atoms. The first kappa shape index (κ1) is 10.7. The van der Waals surface area contributed by atoms with Crippen LogP contribution in [-0.2, 0) is 0 Å². The van der Waals surface area contributed by atoms with Crippen molar-refractivity contribution in [3.8, 4) is 0 Å². The van der Waals surface area contributed by atoms with E-state index in [2.05, 4.69) is 15.9 Å². The number of carbonyl (C=O) groups excluding carboxylic acids is 1. The van der Waals surface area contributed by atoms with Gasteiger partial charge in [-0.3, -0.25) is 4.79 Å². The maximum atomic E-state index is 12.1. The molecule has 1 aliphatic rings. The Hall–Kier alpha value is -0.830. The van der Waals surface area contributed by atoms with E-state index in [1.54, 1.807) is 0 Å². The summed E-state index contributed by atoms with van der Waals surface area (Å²) >= 11 is 3.45. The van der Waals surface area contributed by atoms with E-state index in [0.29, 0.717) is 6.04 Å². The van der Waals surface area contributed by atoms with Gasteiger partial charge in [-0.1, -0.05) is 22.0 Å². The van der Waals surface area contributed by atoms with Crippen LogP contribution in [0.5, 0.6) is 0 Å². The van der Waals surface area contributed by atoms with E-state index in [4.69, 9.17) is 0 Å². The van der Waals surface area contributed by atoms with Crippen molar-refractivity contribution in [2.24, 2.45) is 0 Å². The summed E-state index contributed by atoms with van der Waals surface area (Å²) in [5.74, 6) is 0.135. The van der Waals surface area contributed by atoms with Gasteiger partial charge in [0.05, 0.1) is 0 Å². The molecule has 2 nitrogen and oxygen atoms in total. The van der Waals surface area contributed by atoms with Crippen molar-refractivity contribution in [3.63, 3.8) is 0 Å². The Labute approximate surface area is 98.4 Å². The number of benzene rings is 1. The minimum Gasteiger partial charge on any atom is -0.339 e. The van der Waals surface area contributed by atoms with Crippen LogP contribution in [0.15, 0.2) is 22.7 Å². The molecule has 1 aliphatic carbocycles. The standard InChI is InChI=1S/C12H14BrNO/c1-8-10(4-3-5-11(8)13)12(15)14(2)9-6-7-9/h3-5,9H,6-7H2,1-2H3. The third-order valence-corrected chi connectivity index (χ3v) is 3.77. The van der Waals surface area contributed by atoms with E-state index in [1.165, 1.54) is 0 Å². The molecule has 80 valence electrons. The summed E-state index contributed by atoms with van der Waals surface area (Å²) in [6.45, 7) is 1.97. The van der Waals surface area contributed by atoms with Gasteiger partial charge in [0.1, 0.15) is 0 Å². The Bertz CT molecular complexity index is 399. The fourth-order valence-electron chi connectivity index (χ4n) is 1.66. The molecule has 0 bridgehead atoms. The van der Waals surface area contributed by atoms with Crippen LogP contribution in [0.25, 0.3) is 0 Å². The highest BCUT2D eigenvalue weighted by Gasteiger charge is 2.30. The summed E-state index contributed by atoms with van der Waals surface area (Å²) in [5.41, 5.74) is 1.83. The molecule has 1 amide bonds. The summed E-state index contributed by atoms with van der Waals surface area (Å²) in [7, 11) is 1.89. The smallest absolute Gasteiger partial charge is 0.254 e. The van der Waals surface area contributed by atoms with Crippen molar-refractivity contribution in [2.75, 3.05) is 7.05 Å². The second-order valence-corrected chi connectivity index (χ2v) is 4.91. The number of amides is 1. The van der Waals surface area contributed by atoms with Gasteiger partial charge in [0.2, 0.25) is 0 Å². The fraction of sp³-hybridized carbons (Fsp3) is 0.417. The van der Waals surface area contributed by atoms with E-state index >= 15 is 0 Å². The summed E-state index contributed by atoms with van der Waals surface area (Å²) in [6.07, 6.45) is 2.30. The lowest BCUT2D eigenvalue weighted by molar-refractivity contribution is 0.0784.